The minimum atomic E-state index is 1.22. The summed E-state index contributed by atoms with van der Waals surface area (Å²) in [5.74, 6) is 4.35. The number of benzene rings is 1. The van der Waals surface area contributed by atoms with Crippen molar-refractivity contribution in [1.82, 2.24) is 0 Å². The third-order valence-electron chi connectivity index (χ3n) is 1.40. The molecule has 3 rings (SSSR count). The van der Waals surface area contributed by atoms with Crippen LogP contribution in [0.2, 0.25) is 0 Å². The Bertz CT molecular complexity index is 185. The second-order valence-electron chi connectivity index (χ2n) is 2.23. The van der Waals surface area contributed by atoms with Crippen LogP contribution >= 0.6 is 0 Å². The van der Waals surface area contributed by atoms with E-state index >= 15 is 0 Å². The van der Waals surface area contributed by atoms with E-state index in [2.05, 4.69) is 35.0 Å². The van der Waals surface area contributed by atoms with Gasteiger partial charge in [-0.05, 0) is 17.5 Å². The molecule has 0 saturated carbocycles. The molecule has 0 heterocycles. The monoisotopic (exact) mass is 137 g/mol. The summed E-state index contributed by atoms with van der Waals surface area (Å²) in [7, 11) is 1.40. The highest BCUT2D eigenvalue weighted by Gasteiger charge is 2.04. The second kappa shape index (κ2) is 3.34. The van der Waals surface area contributed by atoms with E-state index in [-0.39, 0.29) is 0 Å². The molecule has 0 fully saturated rings. The van der Waals surface area contributed by atoms with Gasteiger partial charge in [-0.1, -0.05) is 24.3 Å². The molecule has 2 N–H and O–H groups in total. The molecule has 54 valence electrons. The smallest absolute Gasteiger partial charge is 0.0569 e. The van der Waals surface area contributed by atoms with Crippen molar-refractivity contribution in [3.8, 4) is 0 Å². The predicted molar refractivity (Wildman–Crippen MR) is 40.4 cm³/mol. The van der Waals surface area contributed by atoms with Gasteiger partial charge in [0.25, 0.3) is 0 Å². The molecule has 2 aliphatic carbocycles. The molecule has 0 spiro atoms. The van der Waals surface area contributed by atoms with Gasteiger partial charge < -0.3 is 4.84 Å². The van der Waals surface area contributed by atoms with Crippen LogP contribution in [-0.4, -0.2) is 7.11 Å². The van der Waals surface area contributed by atoms with E-state index in [1.807, 2.05) is 0 Å². The van der Waals surface area contributed by atoms with Crippen molar-refractivity contribution >= 4 is 0 Å². The summed E-state index contributed by atoms with van der Waals surface area (Å²) in [4.78, 5) is 3.75. The molecular weight excluding hydrogens is 126 g/mol. The first kappa shape index (κ1) is 7.25. The maximum absolute atomic E-state index is 4.35. The molecule has 0 aromatic heterocycles. The minimum Gasteiger partial charge on any atom is -0.308 e. The van der Waals surface area contributed by atoms with E-state index in [9.17, 15) is 0 Å². The zero-order chi connectivity index (χ0) is 7.40. The van der Waals surface area contributed by atoms with Crippen LogP contribution in [-0.2, 0) is 11.3 Å². The lowest BCUT2D eigenvalue weighted by molar-refractivity contribution is 0.206. The topological polar surface area (TPSA) is 35.2 Å². The standard InChI is InChI=1S/C7H6.CH5NO/c1-2-6-4-7(3-1)5-6;1-3-2/h1-4H,5H2;2H2,1H3. The van der Waals surface area contributed by atoms with Crippen LogP contribution in [0.25, 0.3) is 0 Å². The van der Waals surface area contributed by atoms with Crippen molar-refractivity contribution in [3.63, 3.8) is 0 Å². The number of fused-ring (bicyclic) bond motifs is 2. The molecule has 2 heteroatoms. The Hall–Kier alpha value is -0.860. The number of nitrogens with two attached hydrogens (primary N) is 1. The fourth-order valence-corrected chi connectivity index (χ4v) is 0.954. The number of hydrogen-bond acceptors (Lipinski definition) is 2. The van der Waals surface area contributed by atoms with Crippen LogP contribution in [0.4, 0.5) is 0 Å². The van der Waals surface area contributed by atoms with Gasteiger partial charge in [-0.25, -0.2) is 5.90 Å². The van der Waals surface area contributed by atoms with Gasteiger partial charge in [-0.3, -0.25) is 0 Å². The Balaban J connectivity index is 0.000000148. The van der Waals surface area contributed by atoms with Crippen molar-refractivity contribution in [2.75, 3.05) is 7.11 Å². The molecule has 0 saturated heterocycles. The number of hydrogen-bond donors (Lipinski definition) is 1. The molecule has 0 amide bonds. The van der Waals surface area contributed by atoms with Gasteiger partial charge in [-0.2, -0.15) is 0 Å². The lowest BCUT2D eigenvalue weighted by Crippen LogP contribution is -1.97. The van der Waals surface area contributed by atoms with Crippen molar-refractivity contribution in [1.29, 1.82) is 0 Å². The van der Waals surface area contributed by atoms with Gasteiger partial charge >= 0.3 is 0 Å². The van der Waals surface area contributed by atoms with Crippen molar-refractivity contribution < 1.29 is 4.84 Å². The quantitative estimate of drug-likeness (QED) is 0.552. The fourth-order valence-electron chi connectivity index (χ4n) is 0.954. The zero-order valence-corrected chi connectivity index (χ0v) is 6.00. The summed E-state index contributed by atoms with van der Waals surface area (Å²) in [6.45, 7) is 0. The summed E-state index contributed by atoms with van der Waals surface area (Å²) >= 11 is 0. The Labute approximate surface area is 60.6 Å². The van der Waals surface area contributed by atoms with Gasteiger partial charge in [0.1, 0.15) is 0 Å². The van der Waals surface area contributed by atoms with Gasteiger partial charge in [0.2, 0.25) is 0 Å². The molecule has 0 atom stereocenters. The van der Waals surface area contributed by atoms with E-state index in [0.717, 1.165) is 0 Å². The van der Waals surface area contributed by atoms with Gasteiger partial charge in [0, 0.05) is 0 Å². The molecule has 1 aromatic carbocycles. The van der Waals surface area contributed by atoms with Crippen LogP contribution in [0.15, 0.2) is 24.3 Å². The average Bonchev–Trinajstić information content (AvgIpc) is 1.90. The first-order chi connectivity index (χ1) is 4.86. The average molecular weight is 137 g/mol. The predicted octanol–water partition coefficient (Wildman–Crippen LogP) is 1.10. The van der Waals surface area contributed by atoms with Crippen LogP contribution in [0.1, 0.15) is 11.1 Å². The maximum Gasteiger partial charge on any atom is 0.0569 e. The maximum atomic E-state index is 4.35. The van der Waals surface area contributed by atoms with E-state index < -0.39 is 0 Å². The molecule has 2 nitrogen and oxygen atoms in total. The molecule has 0 radical (unpaired) electrons. The third kappa shape index (κ3) is 1.56. The zero-order valence-electron chi connectivity index (χ0n) is 6.00. The van der Waals surface area contributed by atoms with Crippen molar-refractivity contribution in [2.24, 2.45) is 5.90 Å². The lowest BCUT2D eigenvalue weighted by atomic mass is 9.94. The van der Waals surface area contributed by atoms with Crippen molar-refractivity contribution in [2.45, 2.75) is 6.42 Å². The second-order valence-corrected chi connectivity index (χ2v) is 2.23. The normalized spacial score (nSPS) is 11.0. The summed E-state index contributed by atoms with van der Waals surface area (Å²) in [5.41, 5.74) is 2.97. The largest absolute Gasteiger partial charge is 0.308 e. The highest BCUT2D eigenvalue weighted by Crippen LogP contribution is 2.18. The SMILES string of the molecule is CON.c1cc2cc(c1)C2. The van der Waals surface area contributed by atoms with Crippen molar-refractivity contribution in [3.05, 3.63) is 35.4 Å². The lowest BCUT2D eigenvalue weighted by Gasteiger charge is -2.11. The summed E-state index contributed by atoms with van der Waals surface area (Å²) in [6, 6.07) is 8.65. The molecule has 1 aromatic rings. The molecular formula is C8H11NO. The molecule has 0 unspecified atom stereocenters. The van der Waals surface area contributed by atoms with Crippen LogP contribution < -0.4 is 5.90 Å². The Morgan fingerprint density at radius 1 is 1.40 bits per heavy atom. The highest BCUT2D eigenvalue weighted by molar-refractivity contribution is 5.37. The Morgan fingerprint density at radius 3 is 1.90 bits per heavy atom. The molecule has 2 aliphatic rings. The van der Waals surface area contributed by atoms with E-state index in [4.69, 9.17) is 0 Å². The third-order valence-corrected chi connectivity index (χ3v) is 1.40. The van der Waals surface area contributed by atoms with E-state index in [1.165, 1.54) is 24.7 Å². The van der Waals surface area contributed by atoms with Crippen LogP contribution in [0.5, 0.6) is 0 Å². The molecule has 10 heavy (non-hydrogen) atoms. The minimum absolute atomic E-state index is 1.22. The Kier molecular flexibility index (Phi) is 2.42. The summed E-state index contributed by atoms with van der Waals surface area (Å²) in [6.07, 6.45) is 1.22. The van der Waals surface area contributed by atoms with Gasteiger partial charge in [0.05, 0.1) is 7.11 Å². The van der Waals surface area contributed by atoms with E-state index in [0.29, 0.717) is 0 Å². The Morgan fingerprint density at radius 2 is 1.80 bits per heavy atom. The van der Waals surface area contributed by atoms with Gasteiger partial charge in [0.15, 0.2) is 0 Å². The van der Waals surface area contributed by atoms with Crippen LogP contribution in [0.3, 0.4) is 0 Å². The number of rotatable bonds is 0. The highest BCUT2D eigenvalue weighted by atomic mass is 16.6. The van der Waals surface area contributed by atoms with Gasteiger partial charge in [-0.15, -0.1) is 0 Å². The first-order valence-corrected chi connectivity index (χ1v) is 3.17. The molecule has 2 bridgehead atoms. The summed E-state index contributed by atoms with van der Waals surface area (Å²) in [5, 5.41) is 0. The fraction of sp³-hybridized carbons (Fsp3) is 0.250. The van der Waals surface area contributed by atoms with E-state index in [1.54, 1.807) is 0 Å². The summed E-state index contributed by atoms with van der Waals surface area (Å²) < 4.78 is 0. The van der Waals surface area contributed by atoms with Crippen LogP contribution in [0, 0.1) is 0 Å². The molecule has 0 aliphatic heterocycles. The first-order valence-electron chi connectivity index (χ1n) is 3.17.